The van der Waals surface area contributed by atoms with Crippen molar-refractivity contribution in [3.63, 3.8) is 0 Å². The summed E-state index contributed by atoms with van der Waals surface area (Å²) >= 11 is 0. The van der Waals surface area contributed by atoms with Gasteiger partial charge in [-0.3, -0.25) is 4.79 Å². The maximum atomic E-state index is 12.3. The van der Waals surface area contributed by atoms with E-state index in [4.69, 9.17) is 5.73 Å². The van der Waals surface area contributed by atoms with Crippen molar-refractivity contribution in [3.05, 3.63) is 29.8 Å². The molecule has 0 radical (unpaired) electrons. The summed E-state index contributed by atoms with van der Waals surface area (Å²) in [6, 6.07) is 8.25. The third kappa shape index (κ3) is 3.49. The lowest BCUT2D eigenvalue weighted by atomic mass is 10.0. The van der Waals surface area contributed by atoms with Crippen molar-refractivity contribution in [1.29, 1.82) is 0 Å². The van der Waals surface area contributed by atoms with Gasteiger partial charge in [-0.25, -0.2) is 0 Å². The van der Waals surface area contributed by atoms with E-state index in [1.807, 2.05) is 24.3 Å². The number of likely N-dealkylation sites (tertiary alicyclic amines) is 1. The van der Waals surface area contributed by atoms with Crippen LogP contribution in [0.3, 0.4) is 0 Å². The van der Waals surface area contributed by atoms with Crippen LogP contribution in [0.2, 0.25) is 0 Å². The topological polar surface area (TPSA) is 46.3 Å². The van der Waals surface area contributed by atoms with E-state index >= 15 is 0 Å². The highest BCUT2D eigenvalue weighted by Gasteiger charge is 2.30. The first-order chi connectivity index (χ1) is 9.08. The molecule has 2 rings (SSSR count). The molecule has 0 aromatic heterocycles. The van der Waals surface area contributed by atoms with Gasteiger partial charge in [0.15, 0.2) is 0 Å². The van der Waals surface area contributed by atoms with E-state index in [1.54, 1.807) is 0 Å². The normalized spacial score (nSPS) is 19.1. The van der Waals surface area contributed by atoms with Gasteiger partial charge in [0, 0.05) is 24.7 Å². The molecule has 0 spiro atoms. The number of nitrogens with two attached hydrogens (primary N) is 1. The minimum atomic E-state index is 0.290. The molecule has 1 aliphatic rings. The zero-order valence-corrected chi connectivity index (χ0v) is 11.9. The van der Waals surface area contributed by atoms with Crippen molar-refractivity contribution in [1.82, 2.24) is 4.90 Å². The molecule has 0 aliphatic carbocycles. The van der Waals surface area contributed by atoms with Crippen LogP contribution in [0.1, 0.15) is 38.7 Å². The highest BCUT2D eigenvalue weighted by Crippen LogP contribution is 2.24. The van der Waals surface area contributed by atoms with E-state index in [2.05, 4.69) is 18.7 Å². The van der Waals surface area contributed by atoms with Crippen LogP contribution in [0.25, 0.3) is 0 Å². The van der Waals surface area contributed by atoms with E-state index in [-0.39, 0.29) is 0 Å². The number of anilines is 1. The zero-order valence-electron chi connectivity index (χ0n) is 11.9. The fourth-order valence-electron chi connectivity index (χ4n) is 2.94. The van der Waals surface area contributed by atoms with E-state index < -0.39 is 0 Å². The van der Waals surface area contributed by atoms with Crippen LogP contribution < -0.4 is 5.73 Å². The molecule has 1 fully saturated rings. The predicted octanol–water partition coefficient (Wildman–Crippen LogP) is 2.85. The van der Waals surface area contributed by atoms with Gasteiger partial charge in [0.25, 0.3) is 0 Å². The summed E-state index contributed by atoms with van der Waals surface area (Å²) in [5.41, 5.74) is 7.67. The van der Waals surface area contributed by atoms with Crippen LogP contribution in [0.4, 0.5) is 5.69 Å². The van der Waals surface area contributed by atoms with Crippen molar-refractivity contribution < 1.29 is 4.79 Å². The van der Waals surface area contributed by atoms with Crippen molar-refractivity contribution in [2.45, 2.75) is 45.6 Å². The molecule has 19 heavy (non-hydrogen) atoms. The Hall–Kier alpha value is -1.51. The minimum Gasteiger partial charge on any atom is -0.399 e. The Kier molecular flexibility index (Phi) is 4.46. The average Bonchev–Trinajstić information content (AvgIpc) is 2.85. The van der Waals surface area contributed by atoms with E-state index in [0.29, 0.717) is 24.3 Å². The highest BCUT2D eigenvalue weighted by molar-refractivity contribution is 5.77. The molecular weight excluding hydrogens is 236 g/mol. The Labute approximate surface area is 115 Å². The van der Waals surface area contributed by atoms with Crippen molar-refractivity contribution in [2.24, 2.45) is 5.92 Å². The molecule has 104 valence electrons. The summed E-state index contributed by atoms with van der Waals surface area (Å²) in [5.74, 6) is 0.845. The highest BCUT2D eigenvalue weighted by atomic mass is 16.2. The molecular formula is C16H24N2O. The van der Waals surface area contributed by atoms with E-state index in [1.165, 1.54) is 0 Å². The van der Waals surface area contributed by atoms with Crippen LogP contribution in [-0.4, -0.2) is 23.4 Å². The first-order valence-corrected chi connectivity index (χ1v) is 7.22. The fraction of sp³-hybridized carbons (Fsp3) is 0.562. The smallest absolute Gasteiger partial charge is 0.223 e. The first kappa shape index (κ1) is 13.9. The van der Waals surface area contributed by atoms with Gasteiger partial charge in [-0.15, -0.1) is 0 Å². The van der Waals surface area contributed by atoms with Gasteiger partial charge in [-0.2, -0.15) is 0 Å². The van der Waals surface area contributed by atoms with Crippen molar-refractivity contribution >= 4 is 11.6 Å². The summed E-state index contributed by atoms with van der Waals surface area (Å²) in [6.45, 7) is 5.33. The van der Waals surface area contributed by atoms with E-state index in [0.717, 1.165) is 37.1 Å². The second-order valence-corrected chi connectivity index (χ2v) is 5.79. The third-order valence-corrected chi connectivity index (χ3v) is 3.97. The van der Waals surface area contributed by atoms with Crippen LogP contribution in [-0.2, 0) is 11.2 Å². The fourth-order valence-corrected chi connectivity index (χ4v) is 2.94. The number of nitrogen functional groups attached to an aromatic ring is 1. The van der Waals surface area contributed by atoms with Crippen LogP contribution in [0.15, 0.2) is 24.3 Å². The molecule has 1 aromatic carbocycles. The Morgan fingerprint density at radius 3 is 2.95 bits per heavy atom. The Bertz CT molecular complexity index is 442. The number of hydrogen-bond donors (Lipinski definition) is 1. The summed E-state index contributed by atoms with van der Waals surface area (Å²) in [7, 11) is 0. The minimum absolute atomic E-state index is 0.290. The molecule has 1 unspecified atom stereocenters. The lowest BCUT2D eigenvalue weighted by Gasteiger charge is -2.27. The predicted molar refractivity (Wildman–Crippen MR) is 78.7 cm³/mol. The molecule has 3 nitrogen and oxygen atoms in total. The van der Waals surface area contributed by atoms with Crippen LogP contribution in [0, 0.1) is 5.92 Å². The maximum absolute atomic E-state index is 12.3. The molecule has 1 heterocycles. The van der Waals surface area contributed by atoms with Crippen LogP contribution in [0.5, 0.6) is 0 Å². The number of hydrogen-bond acceptors (Lipinski definition) is 2. The number of carbonyl (C=O) groups is 1. The van der Waals surface area contributed by atoms with Gasteiger partial charge in [0.1, 0.15) is 0 Å². The third-order valence-electron chi connectivity index (χ3n) is 3.97. The molecule has 0 bridgehead atoms. The van der Waals surface area contributed by atoms with Crippen molar-refractivity contribution in [2.75, 3.05) is 12.3 Å². The summed E-state index contributed by atoms with van der Waals surface area (Å²) in [6.07, 6.45) is 3.67. The van der Waals surface area contributed by atoms with Gasteiger partial charge >= 0.3 is 0 Å². The van der Waals surface area contributed by atoms with Gasteiger partial charge in [-0.05, 0) is 42.9 Å². The monoisotopic (exact) mass is 260 g/mol. The Balaban J connectivity index is 1.91. The summed E-state index contributed by atoms with van der Waals surface area (Å²) in [5, 5.41) is 0. The second-order valence-electron chi connectivity index (χ2n) is 5.79. The first-order valence-electron chi connectivity index (χ1n) is 7.22. The summed E-state index contributed by atoms with van der Waals surface area (Å²) < 4.78 is 0. The second kappa shape index (κ2) is 6.09. The van der Waals surface area contributed by atoms with Gasteiger partial charge in [0.2, 0.25) is 5.91 Å². The number of aryl methyl sites for hydroxylation is 1. The number of carbonyl (C=O) groups excluding carboxylic acids is 1. The lowest BCUT2D eigenvalue weighted by molar-refractivity contribution is -0.132. The standard InChI is InChI=1S/C16H24N2O/c1-12(2)15-7-4-10-18(15)16(19)9-8-13-5-3-6-14(17)11-13/h3,5-6,11-12,15H,4,7-10,17H2,1-2H3. The summed E-state index contributed by atoms with van der Waals surface area (Å²) in [4.78, 5) is 14.4. The number of amides is 1. The van der Waals surface area contributed by atoms with E-state index in [9.17, 15) is 4.79 Å². The number of benzene rings is 1. The van der Waals surface area contributed by atoms with Crippen molar-refractivity contribution in [3.8, 4) is 0 Å². The molecule has 1 aliphatic heterocycles. The molecule has 1 amide bonds. The zero-order chi connectivity index (χ0) is 13.8. The molecule has 1 atom stereocenters. The quantitative estimate of drug-likeness (QED) is 0.846. The lowest BCUT2D eigenvalue weighted by Crippen LogP contribution is -2.38. The average molecular weight is 260 g/mol. The molecule has 1 saturated heterocycles. The Morgan fingerprint density at radius 2 is 2.26 bits per heavy atom. The SMILES string of the molecule is CC(C)C1CCCN1C(=O)CCc1cccc(N)c1. The maximum Gasteiger partial charge on any atom is 0.223 e. The van der Waals surface area contributed by atoms with Gasteiger partial charge < -0.3 is 10.6 Å². The molecule has 1 aromatic rings. The van der Waals surface area contributed by atoms with Gasteiger partial charge in [0.05, 0.1) is 0 Å². The molecule has 0 saturated carbocycles. The molecule has 3 heteroatoms. The largest absolute Gasteiger partial charge is 0.399 e. The number of nitrogens with zero attached hydrogens (tertiary/aromatic N) is 1. The number of rotatable bonds is 4. The van der Waals surface area contributed by atoms with Gasteiger partial charge in [-0.1, -0.05) is 26.0 Å². The Morgan fingerprint density at radius 1 is 1.47 bits per heavy atom. The molecule has 2 N–H and O–H groups in total. The van der Waals surface area contributed by atoms with Crippen LogP contribution >= 0.6 is 0 Å².